The second kappa shape index (κ2) is 5.87. The van der Waals surface area contributed by atoms with E-state index in [0.29, 0.717) is 5.56 Å². The first-order chi connectivity index (χ1) is 10.3. The Morgan fingerprint density at radius 1 is 1.14 bits per heavy atom. The number of ether oxygens (including phenoxy) is 1. The molecule has 1 N–H and O–H groups in total. The molecule has 1 aliphatic rings. The van der Waals surface area contributed by atoms with Crippen LogP contribution in [0.2, 0.25) is 0 Å². The molecule has 0 atom stereocenters. The first-order valence-electron chi connectivity index (χ1n) is 7.08. The van der Waals surface area contributed by atoms with Crippen LogP contribution in [-0.2, 0) is 0 Å². The Hall–Kier alpha value is -2.49. The normalized spacial score (nSPS) is 13.9. The summed E-state index contributed by atoms with van der Waals surface area (Å²) in [6, 6.07) is 15.2. The molecule has 0 bridgehead atoms. The molecule has 0 fully saturated rings. The molecule has 2 aromatic rings. The van der Waals surface area contributed by atoms with Gasteiger partial charge in [-0.2, -0.15) is 0 Å². The van der Waals surface area contributed by atoms with Crippen molar-refractivity contribution in [3.63, 3.8) is 0 Å². The van der Waals surface area contributed by atoms with Gasteiger partial charge in [0.15, 0.2) is 0 Å². The van der Waals surface area contributed by atoms with Gasteiger partial charge in [-0.1, -0.05) is 12.1 Å². The molecule has 0 radical (unpaired) electrons. The summed E-state index contributed by atoms with van der Waals surface area (Å²) in [5.41, 5.74) is 2.63. The van der Waals surface area contributed by atoms with Gasteiger partial charge in [0, 0.05) is 18.7 Å². The molecule has 108 valence electrons. The van der Waals surface area contributed by atoms with Gasteiger partial charge in [-0.25, -0.2) is 0 Å². The highest BCUT2D eigenvalue weighted by molar-refractivity contribution is 6.07. The van der Waals surface area contributed by atoms with E-state index in [4.69, 9.17) is 4.74 Å². The van der Waals surface area contributed by atoms with Crippen LogP contribution in [0.25, 0.3) is 0 Å². The fourth-order valence-corrected chi connectivity index (χ4v) is 2.54. The summed E-state index contributed by atoms with van der Waals surface area (Å²) in [4.78, 5) is 14.6. The Morgan fingerprint density at radius 2 is 1.90 bits per heavy atom. The molecule has 0 saturated carbocycles. The lowest BCUT2D eigenvalue weighted by Crippen LogP contribution is -2.31. The molecule has 1 aliphatic heterocycles. The Morgan fingerprint density at radius 3 is 2.67 bits per heavy atom. The molecular formula is C17H18N2O2. The number of carbonyl (C=O) groups excluding carboxylic acids is 1. The first kappa shape index (κ1) is 13.5. The number of anilines is 2. The lowest BCUT2D eigenvalue weighted by atomic mass is 10.1. The Balaban J connectivity index is 1.93. The van der Waals surface area contributed by atoms with E-state index >= 15 is 0 Å². The monoisotopic (exact) mass is 282 g/mol. The van der Waals surface area contributed by atoms with E-state index in [2.05, 4.69) is 5.32 Å². The number of amides is 1. The minimum atomic E-state index is 0.0220. The minimum absolute atomic E-state index is 0.0220. The molecule has 3 rings (SSSR count). The number of benzene rings is 2. The number of methoxy groups -OCH3 is 1. The highest BCUT2D eigenvalue weighted by Gasteiger charge is 2.21. The number of rotatable bonds is 2. The Labute approximate surface area is 124 Å². The standard InChI is InChI=1S/C17H18N2O2/c1-21-14-9-7-13(8-10-14)17(20)19-12-4-11-18-15-5-2-3-6-16(15)19/h2-3,5-10,18H,4,11-12H2,1H3. The molecule has 0 saturated heterocycles. The molecule has 4 heteroatoms. The number of carbonyl (C=O) groups is 1. The van der Waals surface area contributed by atoms with E-state index in [1.807, 2.05) is 53.4 Å². The quantitative estimate of drug-likeness (QED) is 0.920. The molecule has 21 heavy (non-hydrogen) atoms. The van der Waals surface area contributed by atoms with Crippen molar-refractivity contribution in [1.82, 2.24) is 0 Å². The number of nitrogens with one attached hydrogen (secondary N) is 1. The third-order valence-electron chi connectivity index (χ3n) is 3.65. The first-order valence-corrected chi connectivity index (χ1v) is 7.08. The fraction of sp³-hybridized carbons (Fsp3) is 0.235. The molecular weight excluding hydrogens is 264 g/mol. The largest absolute Gasteiger partial charge is 0.497 e. The van der Waals surface area contributed by atoms with Gasteiger partial charge in [-0.05, 0) is 42.8 Å². The van der Waals surface area contributed by atoms with E-state index < -0.39 is 0 Å². The molecule has 2 aromatic carbocycles. The maximum Gasteiger partial charge on any atom is 0.258 e. The molecule has 4 nitrogen and oxygen atoms in total. The van der Waals surface area contributed by atoms with E-state index in [9.17, 15) is 4.79 Å². The predicted octanol–water partition coefficient (Wildman–Crippen LogP) is 3.16. The van der Waals surface area contributed by atoms with Crippen LogP contribution in [0.4, 0.5) is 11.4 Å². The Kier molecular flexibility index (Phi) is 3.77. The average Bonchev–Trinajstić information content (AvgIpc) is 2.77. The molecule has 0 aliphatic carbocycles. The number of fused-ring (bicyclic) bond motifs is 1. The summed E-state index contributed by atoms with van der Waals surface area (Å²) >= 11 is 0. The second-order valence-electron chi connectivity index (χ2n) is 4.98. The molecule has 0 unspecified atom stereocenters. The van der Waals surface area contributed by atoms with Crippen LogP contribution in [0, 0.1) is 0 Å². The molecule has 1 amide bonds. The molecule has 0 spiro atoms. The van der Waals surface area contributed by atoms with E-state index in [1.165, 1.54) is 0 Å². The number of nitrogens with zero attached hydrogens (tertiary/aromatic N) is 1. The second-order valence-corrected chi connectivity index (χ2v) is 4.98. The van der Waals surface area contributed by atoms with Gasteiger partial charge in [-0.3, -0.25) is 4.79 Å². The van der Waals surface area contributed by atoms with Crippen molar-refractivity contribution >= 4 is 17.3 Å². The van der Waals surface area contributed by atoms with Gasteiger partial charge >= 0.3 is 0 Å². The van der Waals surface area contributed by atoms with Crippen molar-refractivity contribution in [2.24, 2.45) is 0 Å². The summed E-state index contributed by atoms with van der Waals surface area (Å²) in [5, 5.41) is 3.37. The van der Waals surface area contributed by atoms with Gasteiger partial charge in [-0.15, -0.1) is 0 Å². The number of para-hydroxylation sites is 2. The minimum Gasteiger partial charge on any atom is -0.497 e. The predicted molar refractivity (Wildman–Crippen MR) is 84.2 cm³/mol. The zero-order valence-corrected chi connectivity index (χ0v) is 12.0. The lowest BCUT2D eigenvalue weighted by Gasteiger charge is -2.22. The Bertz CT molecular complexity index is 637. The van der Waals surface area contributed by atoms with Crippen LogP contribution in [0.5, 0.6) is 5.75 Å². The smallest absolute Gasteiger partial charge is 0.258 e. The zero-order chi connectivity index (χ0) is 14.7. The summed E-state index contributed by atoms with van der Waals surface area (Å²) in [6.45, 7) is 1.60. The van der Waals surface area contributed by atoms with Crippen LogP contribution in [0.1, 0.15) is 16.8 Å². The van der Waals surface area contributed by atoms with Gasteiger partial charge < -0.3 is 15.0 Å². The van der Waals surface area contributed by atoms with Crippen molar-refractivity contribution in [2.45, 2.75) is 6.42 Å². The van der Waals surface area contributed by atoms with Crippen LogP contribution >= 0.6 is 0 Å². The van der Waals surface area contributed by atoms with Crippen molar-refractivity contribution < 1.29 is 9.53 Å². The van der Waals surface area contributed by atoms with Crippen molar-refractivity contribution in [1.29, 1.82) is 0 Å². The van der Waals surface area contributed by atoms with E-state index in [0.717, 1.165) is 36.6 Å². The highest BCUT2D eigenvalue weighted by Crippen LogP contribution is 2.29. The third kappa shape index (κ3) is 2.70. The zero-order valence-electron chi connectivity index (χ0n) is 12.0. The summed E-state index contributed by atoms with van der Waals surface area (Å²) in [7, 11) is 1.62. The molecule has 1 heterocycles. The van der Waals surface area contributed by atoms with Gasteiger partial charge in [0.1, 0.15) is 5.75 Å². The van der Waals surface area contributed by atoms with Gasteiger partial charge in [0.25, 0.3) is 5.91 Å². The summed E-state index contributed by atoms with van der Waals surface area (Å²) in [5.74, 6) is 0.776. The van der Waals surface area contributed by atoms with E-state index in [-0.39, 0.29) is 5.91 Å². The summed E-state index contributed by atoms with van der Waals surface area (Å²) < 4.78 is 5.14. The van der Waals surface area contributed by atoms with Crippen LogP contribution < -0.4 is 15.0 Å². The fourth-order valence-electron chi connectivity index (χ4n) is 2.54. The lowest BCUT2D eigenvalue weighted by molar-refractivity contribution is 0.0987. The van der Waals surface area contributed by atoms with Crippen molar-refractivity contribution in [3.8, 4) is 5.75 Å². The molecule has 0 aromatic heterocycles. The highest BCUT2D eigenvalue weighted by atomic mass is 16.5. The van der Waals surface area contributed by atoms with Crippen LogP contribution in [-0.4, -0.2) is 26.1 Å². The van der Waals surface area contributed by atoms with Crippen molar-refractivity contribution in [3.05, 3.63) is 54.1 Å². The topological polar surface area (TPSA) is 41.6 Å². The van der Waals surface area contributed by atoms with Crippen molar-refractivity contribution in [2.75, 3.05) is 30.4 Å². The average molecular weight is 282 g/mol. The maximum absolute atomic E-state index is 12.8. The third-order valence-corrected chi connectivity index (χ3v) is 3.65. The SMILES string of the molecule is COc1ccc(C(=O)N2CCCNc3ccccc32)cc1. The van der Waals surface area contributed by atoms with Gasteiger partial charge in [0.2, 0.25) is 0 Å². The number of hydrogen-bond acceptors (Lipinski definition) is 3. The van der Waals surface area contributed by atoms with Crippen LogP contribution in [0.3, 0.4) is 0 Å². The van der Waals surface area contributed by atoms with Crippen LogP contribution in [0.15, 0.2) is 48.5 Å². The van der Waals surface area contributed by atoms with Gasteiger partial charge in [0.05, 0.1) is 18.5 Å². The van der Waals surface area contributed by atoms with E-state index in [1.54, 1.807) is 7.11 Å². The number of hydrogen-bond donors (Lipinski definition) is 1. The maximum atomic E-state index is 12.8. The summed E-state index contributed by atoms with van der Waals surface area (Å²) in [6.07, 6.45) is 0.927.